The fourth-order valence-corrected chi connectivity index (χ4v) is 2.85. The van der Waals surface area contributed by atoms with Crippen molar-refractivity contribution in [2.24, 2.45) is 0 Å². The van der Waals surface area contributed by atoms with Crippen LogP contribution in [0.2, 0.25) is 0 Å². The molecule has 0 unspecified atom stereocenters. The van der Waals surface area contributed by atoms with E-state index < -0.39 is 0 Å². The van der Waals surface area contributed by atoms with Crippen LogP contribution in [0.1, 0.15) is 10.6 Å². The van der Waals surface area contributed by atoms with Gasteiger partial charge in [0, 0.05) is 13.1 Å². The summed E-state index contributed by atoms with van der Waals surface area (Å²) in [6, 6.07) is 14.7. The maximum atomic E-state index is 12.8. The molecule has 0 aliphatic heterocycles. The maximum Gasteiger partial charge on any atom is 0.123 e. The number of benzene rings is 2. The topological polar surface area (TPSA) is 24.9 Å². The number of nitrogens with one attached hydrogen (secondary N) is 1. The predicted octanol–water partition coefficient (Wildman–Crippen LogP) is 3.73. The number of thiazole rings is 1. The Balaban J connectivity index is 1.61. The van der Waals surface area contributed by atoms with Crippen molar-refractivity contribution in [1.29, 1.82) is 0 Å². The molecule has 0 saturated carbocycles. The second-order valence-corrected chi connectivity index (χ2v) is 5.42. The molecule has 0 amide bonds. The van der Waals surface area contributed by atoms with Crippen LogP contribution in [0.4, 0.5) is 4.39 Å². The zero-order chi connectivity index (χ0) is 13.1. The number of para-hydroxylation sites is 1. The average molecular weight is 272 g/mol. The van der Waals surface area contributed by atoms with Crippen molar-refractivity contribution in [1.82, 2.24) is 10.3 Å². The highest BCUT2D eigenvalue weighted by molar-refractivity contribution is 7.18. The minimum atomic E-state index is -0.199. The van der Waals surface area contributed by atoms with Gasteiger partial charge in [-0.05, 0) is 29.8 Å². The fourth-order valence-electron chi connectivity index (χ4n) is 1.91. The Hall–Kier alpha value is -1.78. The number of aromatic nitrogens is 1. The minimum absolute atomic E-state index is 0.199. The summed E-state index contributed by atoms with van der Waals surface area (Å²) in [6.45, 7) is 1.45. The minimum Gasteiger partial charge on any atom is -0.306 e. The molecule has 3 rings (SSSR count). The van der Waals surface area contributed by atoms with Crippen LogP contribution in [0.5, 0.6) is 0 Å². The molecule has 3 aromatic rings. The van der Waals surface area contributed by atoms with Crippen LogP contribution in [-0.2, 0) is 13.1 Å². The van der Waals surface area contributed by atoms with Gasteiger partial charge in [-0.2, -0.15) is 0 Å². The molecule has 0 radical (unpaired) electrons. The molecule has 0 atom stereocenters. The van der Waals surface area contributed by atoms with E-state index in [-0.39, 0.29) is 5.82 Å². The Morgan fingerprint density at radius 2 is 1.79 bits per heavy atom. The summed E-state index contributed by atoms with van der Waals surface area (Å²) in [6.07, 6.45) is 0. The molecule has 0 spiro atoms. The Labute approximate surface area is 114 Å². The average Bonchev–Trinajstić information content (AvgIpc) is 2.83. The molecule has 2 nitrogen and oxygen atoms in total. The first-order chi connectivity index (χ1) is 9.31. The SMILES string of the molecule is Fc1ccc(CNCc2nc3ccccc3s2)cc1. The quantitative estimate of drug-likeness (QED) is 0.783. The Morgan fingerprint density at radius 1 is 1.00 bits per heavy atom. The largest absolute Gasteiger partial charge is 0.306 e. The lowest BCUT2D eigenvalue weighted by Crippen LogP contribution is -2.12. The molecule has 96 valence electrons. The van der Waals surface area contributed by atoms with Gasteiger partial charge in [0.25, 0.3) is 0 Å². The molecule has 0 saturated heterocycles. The lowest BCUT2D eigenvalue weighted by atomic mass is 10.2. The van der Waals surface area contributed by atoms with Crippen molar-refractivity contribution in [2.45, 2.75) is 13.1 Å². The molecule has 2 aromatic carbocycles. The standard InChI is InChI=1S/C15H13FN2S/c16-12-7-5-11(6-8-12)9-17-10-15-18-13-3-1-2-4-14(13)19-15/h1-8,17H,9-10H2. The van der Waals surface area contributed by atoms with E-state index in [1.54, 1.807) is 23.5 Å². The molecule has 0 aliphatic rings. The normalized spacial score (nSPS) is 11.0. The van der Waals surface area contributed by atoms with Crippen molar-refractivity contribution >= 4 is 21.6 Å². The first-order valence-electron chi connectivity index (χ1n) is 6.11. The van der Waals surface area contributed by atoms with Gasteiger partial charge in [-0.15, -0.1) is 11.3 Å². The number of halogens is 1. The van der Waals surface area contributed by atoms with E-state index >= 15 is 0 Å². The summed E-state index contributed by atoms with van der Waals surface area (Å²) in [4.78, 5) is 4.55. The molecule has 4 heteroatoms. The fraction of sp³-hybridized carbons (Fsp3) is 0.133. The van der Waals surface area contributed by atoms with E-state index in [4.69, 9.17) is 0 Å². The van der Waals surface area contributed by atoms with E-state index in [2.05, 4.69) is 16.4 Å². The molecule has 0 aliphatic carbocycles. The number of hydrogen-bond donors (Lipinski definition) is 1. The van der Waals surface area contributed by atoms with Gasteiger partial charge in [0.05, 0.1) is 10.2 Å². The van der Waals surface area contributed by atoms with Gasteiger partial charge in [0.15, 0.2) is 0 Å². The van der Waals surface area contributed by atoms with Gasteiger partial charge in [0.1, 0.15) is 10.8 Å². The van der Waals surface area contributed by atoms with Gasteiger partial charge in [0.2, 0.25) is 0 Å². The summed E-state index contributed by atoms with van der Waals surface area (Å²) < 4.78 is 14.0. The maximum absolute atomic E-state index is 12.8. The van der Waals surface area contributed by atoms with Crippen molar-refractivity contribution in [3.05, 3.63) is 64.9 Å². The van der Waals surface area contributed by atoms with Crippen LogP contribution in [0.3, 0.4) is 0 Å². The number of nitrogens with zero attached hydrogens (tertiary/aromatic N) is 1. The van der Waals surface area contributed by atoms with Crippen molar-refractivity contribution < 1.29 is 4.39 Å². The van der Waals surface area contributed by atoms with E-state index in [0.29, 0.717) is 0 Å². The van der Waals surface area contributed by atoms with Gasteiger partial charge < -0.3 is 5.32 Å². The summed E-state index contributed by atoms with van der Waals surface area (Å²) >= 11 is 1.70. The monoisotopic (exact) mass is 272 g/mol. The summed E-state index contributed by atoms with van der Waals surface area (Å²) in [5.74, 6) is -0.199. The van der Waals surface area contributed by atoms with Crippen LogP contribution in [0.25, 0.3) is 10.2 Å². The number of rotatable bonds is 4. The Kier molecular flexibility index (Phi) is 3.53. The first kappa shape index (κ1) is 12.3. The Bertz CT molecular complexity index is 643. The molecule has 19 heavy (non-hydrogen) atoms. The van der Waals surface area contributed by atoms with Crippen molar-refractivity contribution in [3.63, 3.8) is 0 Å². The molecule has 1 aromatic heterocycles. The lowest BCUT2D eigenvalue weighted by molar-refractivity contribution is 0.625. The van der Waals surface area contributed by atoms with Crippen molar-refractivity contribution in [3.8, 4) is 0 Å². The second kappa shape index (κ2) is 5.47. The molecule has 1 heterocycles. The van der Waals surface area contributed by atoms with Gasteiger partial charge in [-0.1, -0.05) is 24.3 Å². The third-order valence-electron chi connectivity index (χ3n) is 2.86. The molecular formula is C15H13FN2S. The lowest BCUT2D eigenvalue weighted by Gasteiger charge is -2.02. The van der Waals surface area contributed by atoms with Crippen molar-refractivity contribution in [2.75, 3.05) is 0 Å². The molecule has 0 fully saturated rings. The van der Waals surface area contributed by atoms with Crippen LogP contribution in [0.15, 0.2) is 48.5 Å². The zero-order valence-corrected chi connectivity index (χ0v) is 11.1. The third-order valence-corrected chi connectivity index (χ3v) is 3.89. The van der Waals surface area contributed by atoms with Crippen LogP contribution in [0, 0.1) is 5.82 Å². The zero-order valence-electron chi connectivity index (χ0n) is 10.3. The van der Waals surface area contributed by atoms with Gasteiger partial charge in [-0.3, -0.25) is 0 Å². The van der Waals surface area contributed by atoms with Crippen LogP contribution in [-0.4, -0.2) is 4.98 Å². The van der Waals surface area contributed by atoms with Crippen LogP contribution >= 0.6 is 11.3 Å². The highest BCUT2D eigenvalue weighted by atomic mass is 32.1. The van der Waals surface area contributed by atoms with Gasteiger partial charge >= 0.3 is 0 Å². The first-order valence-corrected chi connectivity index (χ1v) is 6.92. The van der Waals surface area contributed by atoms with E-state index in [1.165, 1.54) is 16.8 Å². The summed E-state index contributed by atoms with van der Waals surface area (Å²) in [5, 5.41) is 4.40. The van der Waals surface area contributed by atoms with Gasteiger partial charge in [-0.25, -0.2) is 9.37 Å². The molecular weight excluding hydrogens is 259 g/mol. The molecule has 0 bridgehead atoms. The van der Waals surface area contributed by atoms with E-state index in [9.17, 15) is 4.39 Å². The summed E-state index contributed by atoms with van der Waals surface area (Å²) in [5.41, 5.74) is 2.12. The smallest absolute Gasteiger partial charge is 0.123 e. The third kappa shape index (κ3) is 2.97. The van der Waals surface area contributed by atoms with E-state index in [0.717, 1.165) is 29.2 Å². The predicted molar refractivity (Wildman–Crippen MR) is 76.6 cm³/mol. The van der Waals surface area contributed by atoms with E-state index in [1.807, 2.05) is 18.2 Å². The Morgan fingerprint density at radius 3 is 2.58 bits per heavy atom. The highest BCUT2D eigenvalue weighted by Crippen LogP contribution is 2.21. The highest BCUT2D eigenvalue weighted by Gasteiger charge is 2.02. The second-order valence-electron chi connectivity index (χ2n) is 4.31. The van der Waals surface area contributed by atoms with Crippen LogP contribution < -0.4 is 5.32 Å². The summed E-state index contributed by atoms with van der Waals surface area (Å²) in [7, 11) is 0. The number of fused-ring (bicyclic) bond motifs is 1. The number of hydrogen-bond acceptors (Lipinski definition) is 3. The molecule has 1 N–H and O–H groups in total.